The Hall–Kier alpha value is -1.39. The molecule has 0 aromatic heterocycles. The van der Waals surface area contributed by atoms with E-state index in [9.17, 15) is 4.79 Å². The van der Waals surface area contributed by atoms with Gasteiger partial charge in [-0.1, -0.05) is 19.1 Å². The lowest BCUT2D eigenvalue weighted by atomic mass is 10.1. The summed E-state index contributed by atoms with van der Waals surface area (Å²) >= 11 is 0. The molecule has 0 aliphatic carbocycles. The van der Waals surface area contributed by atoms with Crippen LogP contribution < -0.4 is 10.6 Å². The van der Waals surface area contributed by atoms with Crippen molar-refractivity contribution >= 4 is 11.6 Å². The fraction of sp³-hybridized carbons (Fsp3) is 0.500. The summed E-state index contributed by atoms with van der Waals surface area (Å²) in [6.07, 6.45) is 1.12. The molecule has 0 radical (unpaired) electrons. The molecule has 1 aromatic rings. The molecule has 2 N–H and O–H groups in total. The summed E-state index contributed by atoms with van der Waals surface area (Å²) < 4.78 is 4.76. The van der Waals surface area contributed by atoms with E-state index in [2.05, 4.69) is 24.5 Å². The van der Waals surface area contributed by atoms with Crippen LogP contribution in [0.25, 0.3) is 0 Å². The van der Waals surface area contributed by atoms with Crippen molar-refractivity contribution in [2.75, 3.05) is 25.6 Å². The van der Waals surface area contributed by atoms with Crippen molar-refractivity contribution in [3.05, 3.63) is 29.8 Å². The Labute approximate surface area is 109 Å². The predicted molar refractivity (Wildman–Crippen MR) is 73.7 cm³/mol. The van der Waals surface area contributed by atoms with Crippen LogP contribution in [0.1, 0.15) is 31.9 Å². The van der Waals surface area contributed by atoms with Gasteiger partial charge in [-0.05, 0) is 37.6 Å². The van der Waals surface area contributed by atoms with Gasteiger partial charge in [0.2, 0.25) is 5.91 Å². The number of carbonyl (C=O) groups excluding carboxylic acids is 1. The SMILES string of the molecule is CCCNC(C)c1ccc(NC(=O)COC)cc1. The van der Waals surface area contributed by atoms with Gasteiger partial charge >= 0.3 is 0 Å². The highest BCUT2D eigenvalue weighted by Crippen LogP contribution is 2.15. The number of methoxy groups -OCH3 is 1. The molecule has 0 spiro atoms. The van der Waals surface area contributed by atoms with Crippen LogP contribution in [0.5, 0.6) is 0 Å². The smallest absolute Gasteiger partial charge is 0.250 e. The van der Waals surface area contributed by atoms with Gasteiger partial charge in [-0.3, -0.25) is 4.79 Å². The number of benzene rings is 1. The van der Waals surface area contributed by atoms with Crippen LogP contribution in [0, 0.1) is 0 Å². The largest absolute Gasteiger partial charge is 0.375 e. The molecule has 4 heteroatoms. The monoisotopic (exact) mass is 250 g/mol. The van der Waals surface area contributed by atoms with Crippen LogP contribution in [0.2, 0.25) is 0 Å². The molecule has 1 atom stereocenters. The predicted octanol–water partition coefficient (Wildman–Crippen LogP) is 2.33. The molecule has 18 heavy (non-hydrogen) atoms. The van der Waals surface area contributed by atoms with E-state index in [0.717, 1.165) is 18.7 Å². The summed E-state index contributed by atoms with van der Waals surface area (Å²) in [6.45, 7) is 5.37. The highest BCUT2D eigenvalue weighted by molar-refractivity contribution is 5.91. The molecule has 0 fully saturated rings. The minimum absolute atomic E-state index is 0.0796. The van der Waals surface area contributed by atoms with Crippen molar-refractivity contribution in [3.8, 4) is 0 Å². The van der Waals surface area contributed by atoms with E-state index < -0.39 is 0 Å². The maximum Gasteiger partial charge on any atom is 0.250 e. The Morgan fingerprint density at radius 3 is 2.56 bits per heavy atom. The first kappa shape index (κ1) is 14.7. The Balaban J connectivity index is 2.54. The summed E-state index contributed by atoms with van der Waals surface area (Å²) in [4.78, 5) is 11.3. The van der Waals surface area contributed by atoms with Crippen LogP contribution >= 0.6 is 0 Å². The Bertz CT molecular complexity index is 363. The first-order valence-electron chi connectivity index (χ1n) is 6.29. The van der Waals surface area contributed by atoms with E-state index in [1.165, 1.54) is 12.7 Å². The summed E-state index contributed by atoms with van der Waals surface area (Å²) in [5.41, 5.74) is 2.01. The second-order valence-electron chi connectivity index (χ2n) is 4.28. The fourth-order valence-corrected chi connectivity index (χ4v) is 1.66. The molecule has 1 rings (SSSR count). The van der Waals surface area contributed by atoms with Crippen LogP contribution in [0.15, 0.2) is 24.3 Å². The molecule has 1 aromatic carbocycles. The second kappa shape index (κ2) is 7.84. The lowest BCUT2D eigenvalue weighted by Gasteiger charge is -2.14. The van der Waals surface area contributed by atoms with Gasteiger partial charge in [-0.25, -0.2) is 0 Å². The molecule has 0 saturated heterocycles. The Morgan fingerprint density at radius 1 is 1.33 bits per heavy atom. The molecule has 0 heterocycles. The zero-order valence-corrected chi connectivity index (χ0v) is 11.3. The third-order valence-electron chi connectivity index (χ3n) is 2.67. The molecular formula is C14H22N2O2. The highest BCUT2D eigenvalue weighted by Gasteiger charge is 2.05. The number of rotatable bonds is 7. The van der Waals surface area contributed by atoms with Crippen LogP contribution in [-0.2, 0) is 9.53 Å². The number of amides is 1. The number of anilines is 1. The molecule has 1 unspecified atom stereocenters. The zero-order valence-electron chi connectivity index (χ0n) is 11.3. The van der Waals surface area contributed by atoms with Crippen LogP contribution in [0.3, 0.4) is 0 Å². The summed E-state index contributed by atoms with van der Waals surface area (Å²) in [6, 6.07) is 8.19. The average Bonchev–Trinajstić information content (AvgIpc) is 2.37. The van der Waals surface area contributed by atoms with Gasteiger partial charge in [-0.2, -0.15) is 0 Å². The van der Waals surface area contributed by atoms with E-state index in [1.54, 1.807) is 0 Å². The van der Waals surface area contributed by atoms with E-state index in [0.29, 0.717) is 6.04 Å². The first-order valence-corrected chi connectivity index (χ1v) is 6.29. The van der Waals surface area contributed by atoms with Crippen molar-refractivity contribution in [2.24, 2.45) is 0 Å². The Kier molecular flexibility index (Phi) is 6.39. The van der Waals surface area contributed by atoms with Crippen molar-refractivity contribution < 1.29 is 9.53 Å². The van der Waals surface area contributed by atoms with Gasteiger partial charge in [0.25, 0.3) is 0 Å². The highest BCUT2D eigenvalue weighted by atomic mass is 16.5. The van der Waals surface area contributed by atoms with Crippen molar-refractivity contribution in [1.29, 1.82) is 0 Å². The summed E-state index contributed by atoms with van der Waals surface area (Å²) in [5, 5.41) is 6.19. The number of carbonyl (C=O) groups is 1. The molecule has 0 bridgehead atoms. The topological polar surface area (TPSA) is 50.4 Å². The normalized spacial score (nSPS) is 12.2. The zero-order chi connectivity index (χ0) is 13.4. The third-order valence-corrected chi connectivity index (χ3v) is 2.67. The van der Waals surface area contributed by atoms with Crippen LogP contribution in [-0.4, -0.2) is 26.2 Å². The van der Waals surface area contributed by atoms with Gasteiger partial charge in [-0.15, -0.1) is 0 Å². The maximum absolute atomic E-state index is 11.3. The second-order valence-corrected chi connectivity index (χ2v) is 4.28. The summed E-state index contributed by atoms with van der Waals surface area (Å²) in [7, 11) is 1.50. The third kappa shape index (κ3) is 4.85. The first-order chi connectivity index (χ1) is 8.67. The minimum atomic E-state index is -0.137. The van der Waals surface area contributed by atoms with Crippen molar-refractivity contribution in [1.82, 2.24) is 5.32 Å². The van der Waals surface area contributed by atoms with E-state index in [1.807, 2.05) is 24.3 Å². The minimum Gasteiger partial charge on any atom is -0.375 e. The molecule has 0 saturated carbocycles. The molecule has 0 aliphatic rings. The maximum atomic E-state index is 11.3. The standard InChI is InChI=1S/C14H22N2O2/c1-4-9-15-11(2)12-5-7-13(8-6-12)16-14(17)10-18-3/h5-8,11,15H,4,9-10H2,1-3H3,(H,16,17). The fourth-order valence-electron chi connectivity index (χ4n) is 1.66. The van der Waals surface area contributed by atoms with Gasteiger partial charge in [0.15, 0.2) is 0 Å². The van der Waals surface area contributed by atoms with E-state index in [-0.39, 0.29) is 12.5 Å². The lowest BCUT2D eigenvalue weighted by molar-refractivity contribution is -0.119. The molecule has 1 amide bonds. The number of hydrogen-bond donors (Lipinski definition) is 2. The van der Waals surface area contributed by atoms with Gasteiger partial charge in [0, 0.05) is 18.8 Å². The van der Waals surface area contributed by atoms with Gasteiger partial charge in [0.05, 0.1) is 0 Å². The van der Waals surface area contributed by atoms with Gasteiger partial charge in [0.1, 0.15) is 6.61 Å². The lowest BCUT2D eigenvalue weighted by Crippen LogP contribution is -2.19. The number of nitrogens with one attached hydrogen (secondary N) is 2. The van der Waals surface area contributed by atoms with E-state index in [4.69, 9.17) is 4.74 Å². The van der Waals surface area contributed by atoms with Crippen molar-refractivity contribution in [2.45, 2.75) is 26.3 Å². The molecule has 0 aliphatic heterocycles. The average molecular weight is 250 g/mol. The summed E-state index contributed by atoms with van der Waals surface area (Å²) in [5.74, 6) is -0.137. The number of ether oxygens (including phenoxy) is 1. The van der Waals surface area contributed by atoms with Crippen molar-refractivity contribution in [3.63, 3.8) is 0 Å². The van der Waals surface area contributed by atoms with E-state index >= 15 is 0 Å². The van der Waals surface area contributed by atoms with Gasteiger partial charge < -0.3 is 15.4 Å². The molecule has 100 valence electrons. The number of hydrogen-bond acceptors (Lipinski definition) is 3. The molecule has 4 nitrogen and oxygen atoms in total. The molecular weight excluding hydrogens is 228 g/mol. The quantitative estimate of drug-likeness (QED) is 0.781. The van der Waals surface area contributed by atoms with Crippen LogP contribution in [0.4, 0.5) is 5.69 Å². The Morgan fingerprint density at radius 2 is 2.00 bits per heavy atom.